The normalized spacial score (nSPS) is 12.7. The summed E-state index contributed by atoms with van der Waals surface area (Å²) in [6, 6.07) is 2.34. The van der Waals surface area contributed by atoms with Gasteiger partial charge < -0.3 is 5.32 Å². The molecule has 1 atom stereocenters. The van der Waals surface area contributed by atoms with Crippen molar-refractivity contribution in [2.45, 2.75) is 25.8 Å². The standard InChI is InChI=1S/C11H16ClNS/c1-3-5-6-10(13-4-2)11-9(12)7-8-14-11/h3,7-8,10,13H,1,4-6H2,2H3. The molecule has 1 nitrogen and oxygen atoms in total. The Morgan fingerprint density at radius 3 is 3.00 bits per heavy atom. The molecule has 78 valence electrons. The maximum Gasteiger partial charge on any atom is 0.0561 e. The zero-order valence-corrected chi connectivity index (χ0v) is 10.00. The van der Waals surface area contributed by atoms with Crippen LogP contribution in [0.3, 0.4) is 0 Å². The summed E-state index contributed by atoms with van der Waals surface area (Å²) >= 11 is 7.81. The second-order valence-electron chi connectivity index (χ2n) is 3.11. The van der Waals surface area contributed by atoms with Crippen molar-refractivity contribution in [3.05, 3.63) is 34.0 Å². The molecule has 1 heterocycles. The molecule has 0 aliphatic carbocycles. The number of allylic oxidation sites excluding steroid dienone is 1. The monoisotopic (exact) mass is 229 g/mol. The maximum absolute atomic E-state index is 6.09. The summed E-state index contributed by atoms with van der Waals surface area (Å²) in [5.41, 5.74) is 0. The Labute approximate surface area is 94.8 Å². The van der Waals surface area contributed by atoms with Crippen molar-refractivity contribution in [1.29, 1.82) is 0 Å². The van der Waals surface area contributed by atoms with Crippen molar-refractivity contribution < 1.29 is 0 Å². The minimum Gasteiger partial charge on any atom is -0.309 e. The van der Waals surface area contributed by atoms with Crippen molar-refractivity contribution >= 4 is 22.9 Å². The van der Waals surface area contributed by atoms with Crippen molar-refractivity contribution in [3.63, 3.8) is 0 Å². The average Bonchev–Trinajstić information content (AvgIpc) is 2.59. The van der Waals surface area contributed by atoms with Crippen molar-refractivity contribution in [1.82, 2.24) is 5.32 Å². The van der Waals surface area contributed by atoms with Crippen LogP contribution in [-0.4, -0.2) is 6.54 Å². The molecule has 0 aliphatic rings. The van der Waals surface area contributed by atoms with Crippen LogP contribution in [-0.2, 0) is 0 Å². The number of thiophene rings is 1. The quantitative estimate of drug-likeness (QED) is 0.727. The number of nitrogens with one attached hydrogen (secondary N) is 1. The van der Waals surface area contributed by atoms with Gasteiger partial charge in [0.2, 0.25) is 0 Å². The Morgan fingerprint density at radius 2 is 2.50 bits per heavy atom. The van der Waals surface area contributed by atoms with Gasteiger partial charge in [-0.25, -0.2) is 0 Å². The Kier molecular flexibility index (Phi) is 5.23. The summed E-state index contributed by atoms with van der Waals surface area (Å²) < 4.78 is 0. The Balaban J connectivity index is 2.66. The second kappa shape index (κ2) is 6.23. The van der Waals surface area contributed by atoms with E-state index in [-0.39, 0.29) is 0 Å². The number of hydrogen-bond donors (Lipinski definition) is 1. The molecule has 0 aromatic carbocycles. The van der Waals surface area contributed by atoms with Gasteiger partial charge in [-0.1, -0.05) is 24.6 Å². The van der Waals surface area contributed by atoms with Crippen molar-refractivity contribution in [2.75, 3.05) is 6.54 Å². The summed E-state index contributed by atoms with van der Waals surface area (Å²) in [6.07, 6.45) is 4.04. The van der Waals surface area contributed by atoms with E-state index in [0.717, 1.165) is 24.4 Å². The highest BCUT2D eigenvalue weighted by Crippen LogP contribution is 2.31. The van der Waals surface area contributed by atoms with E-state index >= 15 is 0 Å². The van der Waals surface area contributed by atoms with Gasteiger partial charge in [0.15, 0.2) is 0 Å². The minimum absolute atomic E-state index is 0.380. The summed E-state index contributed by atoms with van der Waals surface area (Å²) in [5, 5.41) is 6.36. The third-order valence-electron chi connectivity index (χ3n) is 2.07. The van der Waals surface area contributed by atoms with Gasteiger partial charge in [-0.15, -0.1) is 17.9 Å². The fourth-order valence-electron chi connectivity index (χ4n) is 1.41. The van der Waals surface area contributed by atoms with Gasteiger partial charge in [0.25, 0.3) is 0 Å². The third-order valence-corrected chi connectivity index (χ3v) is 3.54. The molecular formula is C11H16ClNS. The number of hydrogen-bond acceptors (Lipinski definition) is 2. The van der Waals surface area contributed by atoms with E-state index in [9.17, 15) is 0 Å². The van der Waals surface area contributed by atoms with Gasteiger partial charge in [-0.3, -0.25) is 0 Å². The predicted octanol–water partition coefficient (Wildman–Crippen LogP) is 4.02. The predicted molar refractivity (Wildman–Crippen MR) is 65.2 cm³/mol. The third kappa shape index (κ3) is 3.12. The molecule has 0 aliphatic heterocycles. The van der Waals surface area contributed by atoms with Crippen molar-refractivity contribution in [2.24, 2.45) is 0 Å². The largest absolute Gasteiger partial charge is 0.309 e. The molecule has 0 saturated carbocycles. The van der Waals surface area contributed by atoms with Crippen molar-refractivity contribution in [3.8, 4) is 0 Å². The van der Waals surface area contributed by atoms with E-state index in [1.54, 1.807) is 11.3 Å². The Bertz CT molecular complexity index is 283. The van der Waals surface area contributed by atoms with Crippen LogP contribution in [0, 0.1) is 0 Å². The van der Waals surface area contributed by atoms with E-state index in [2.05, 4.69) is 18.8 Å². The summed E-state index contributed by atoms with van der Waals surface area (Å²) in [7, 11) is 0. The lowest BCUT2D eigenvalue weighted by Gasteiger charge is -2.15. The van der Waals surface area contributed by atoms with Gasteiger partial charge in [0.1, 0.15) is 0 Å². The lowest BCUT2D eigenvalue weighted by Crippen LogP contribution is -2.19. The van der Waals surface area contributed by atoms with E-state index < -0.39 is 0 Å². The van der Waals surface area contributed by atoms with E-state index in [0.29, 0.717) is 6.04 Å². The van der Waals surface area contributed by atoms with Gasteiger partial charge >= 0.3 is 0 Å². The molecule has 0 saturated heterocycles. The lowest BCUT2D eigenvalue weighted by molar-refractivity contribution is 0.527. The summed E-state index contributed by atoms with van der Waals surface area (Å²) in [6.45, 7) is 6.82. The number of rotatable bonds is 6. The molecule has 0 bridgehead atoms. The zero-order chi connectivity index (χ0) is 10.4. The molecule has 0 spiro atoms. The van der Waals surface area contributed by atoms with Gasteiger partial charge in [0, 0.05) is 10.9 Å². The smallest absolute Gasteiger partial charge is 0.0561 e. The highest BCUT2D eigenvalue weighted by Gasteiger charge is 2.13. The lowest BCUT2D eigenvalue weighted by atomic mass is 10.1. The van der Waals surface area contributed by atoms with E-state index in [1.807, 2.05) is 17.5 Å². The first kappa shape index (κ1) is 11.8. The van der Waals surface area contributed by atoms with E-state index in [1.165, 1.54) is 4.88 Å². The van der Waals surface area contributed by atoms with Crippen LogP contribution in [0.1, 0.15) is 30.7 Å². The molecule has 1 N–H and O–H groups in total. The van der Waals surface area contributed by atoms with Gasteiger partial charge in [0.05, 0.1) is 5.02 Å². The Hall–Kier alpha value is -0.310. The molecule has 1 rings (SSSR count). The van der Waals surface area contributed by atoms with Crippen LogP contribution in [0.2, 0.25) is 5.02 Å². The second-order valence-corrected chi connectivity index (χ2v) is 4.46. The molecule has 14 heavy (non-hydrogen) atoms. The molecule has 1 unspecified atom stereocenters. The molecule has 0 fully saturated rings. The first-order chi connectivity index (χ1) is 6.79. The van der Waals surface area contributed by atoms with Crippen LogP contribution in [0.25, 0.3) is 0 Å². The first-order valence-electron chi connectivity index (χ1n) is 4.86. The molecular weight excluding hydrogens is 214 g/mol. The summed E-state index contributed by atoms with van der Waals surface area (Å²) in [4.78, 5) is 1.25. The van der Waals surface area contributed by atoms with Crippen LogP contribution in [0.15, 0.2) is 24.1 Å². The molecule has 1 aromatic heterocycles. The molecule has 1 aromatic rings. The zero-order valence-electron chi connectivity index (χ0n) is 8.42. The highest BCUT2D eigenvalue weighted by molar-refractivity contribution is 7.10. The first-order valence-corrected chi connectivity index (χ1v) is 6.12. The Morgan fingerprint density at radius 1 is 1.71 bits per heavy atom. The average molecular weight is 230 g/mol. The molecule has 0 radical (unpaired) electrons. The van der Waals surface area contributed by atoms with Crippen LogP contribution in [0.4, 0.5) is 0 Å². The minimum atomic E-state index is 0.380. The van der Waals surface area contributed by atoms with E-state index in [4.69, 9.17) is 11.6 Å². The van der Waals surface area contributed by atoms with Crippen LogP contribution in [0.5, 0.6) is 0 Å². The van der Waals surface area contributed by atoms with Gasteiger partial charge in [-0.2, -0.15) is 0 Å². The maximum atomic E-state index is 6.09. The fraction of sp³-hybridized carbons (Fsp3) is 0.455. The topological polar surface area (TPSA) is 12.0 Å². The SMILES string of the molecule is C=CCCC(NCC)c1sccc1Cl. The van der Waals surface area contributed by atoms with Crippen LogP contribution < -0.4 is 5.32 Å². The molecule has 0 amide bonds. The number of halogens is 1. The summed E-state index contributed by atoms with van der Waals surface area (Å²) in [5.74, 6) is 0. The highest BCUT2D eigenvalue weighted by atomic mass is 35.5. The van der Waals surface area contributed by atoms with Gasteiger partial charge in [-0.05, 0) is 30.8 Å². The fourth-order valence-corrected chi connectivity index (χ4v) is 2.71. The van der Waals surface area contributed by atoms with Crippen LogP contribution >= 0.6 is 22.9 Å². The molecule has 3 heteroatoms.